The van der Waals surface area contributed by atoms with Gasteiger partial charge in [0.05, 0.1) is 6.04 Å². The van der Waals surface area contributed by atoms with Crippen LogP contribution in [0.1, 0.15) is 28.4 Å². The fraction of sp³-hybridized carbons (Fsp3) is 0.136. The highest BCUT2D eigenvalue weighted by Gasteiger charge is 2.21. The Hall–Kier alpha value is -3.07. The van der Waals surface area contributed by atoms with Crippen molar-refractivity contribution in [2.75, 3.05) is 5.32 Å². The van der Waals surface area contributed by atoms with Crippen LogP contribution >= 0.6 is 0 Å². The van der Waals surface area contributed by atoms with E-state index in [1.165, 1.54) is 33.3 Å². The van der Waals surface area contributed by atoms with Crippen molar-refractivity contribution in [3.63, 3.8) is 0 Å². The highest BCUT2D eigenvalue weighted by atomic mass is 14.9. The smallest absolute Gasteiger partial charge is 0.0792 e. The molecule has 0 aliphatic carbocycles. The molecule has 4 rings (SSSR count). The lowest BCUT2D eigenvalue weighted by molar-refractivity contribution is 0.926. The zero-order valence-electron chi connectivity index (χ0n) is 14.5. The van der Waals surface area contributed by atoms with Crippen molar-refractivity contribution in [1.82, 2.24) is 9.97 Å². The van der Waals surface area contributed by atoms with Gasteiger partial charge in [0, 0.05) is 40.2 Å². The number of anilines is 1. The maximum absolute atomic E-state index is 4.18. The predicted octanol–water partition coefficient (Wildman–Crippen LogP) is 5.38. The molecule has 0 amide bonds. The van der Waals surface area contributed by atoms with E-state index in [-0.39, 0.29) is 6.04 Å². The number of hydrogen-bond acceptors (Lipinski definition) is 2. The zero-order valence-corrected chi connectivity index (χ0v) is 14.5. The third-order valence-electron chi connectivity index (χ3n) is 4.72. The SMILES string of the molecule is Cc1ccccc1NC(c1ccncc1)c1c(C)[nH]c2ccccc12. The lowest BCUT2D eigenvalue weighted by atomic mass is 9.96. The molecule has 2 aromatic carbocycles. The van der Waals surface area contributed by atoms with Gasteiger partial charge in [0.2, 0.25) is 0 Å². The van der Waals surface area contributed by atoms with Gasteiger partial charge in [0.15, 0.2) is 0 Å². The summed E-state index contributed by atoms with van der Waals surface area (Å²) in [5.74, 6) is 0. The number of pyridine rings is 1. The number of nitrogens with one attached hydrogen (secondary N) is 2. The first-order chi connectivity index (χ1) is 12.2. The van der Waals surface area contributed by atoms with Crippen LogP contribution in [0, 0.1) is 13.8 Å². The number of rotatable bonds is 4. The van der Waals surface area contributed by atoms with Crippen LogP contribution in [0.2, 0.25) is 0 Å². The van der Waals surface area contributed by atoms with Crippen LogP contribution in [0.4, 0.5) is 5.69 Å². The van der Waals surface area contributed by atoms with E-state index >= 15 is 0 Å². The summed E-state index contributed by atoms with van der Waals surface area (Å²) in [6.45, 7) is 4.27. The number of benzene rings is 2. The molecule has 0 spiro atoms. The second-order valence-corrected chi connectivity index (χ2v) is 6.38. The average molecular weight is 327 g/mol. The normalized spacial score (nSPS) is 12.2. The van der Waals surface area contributed by atoms with Crippen molar-refractivity contribution in [1.29, 1.82) is 0 Å². The van der Waals surface area contributed by atoms with E-state index in [1.54, 1.807) is 0 Å². The molecule has 2 N–H and O–H groups in total. The summed E-state index contributed by atoms with van der Waals surface area (Å²) < 4.78 is 0. The molecule has 2 heterocycles. The Morgan fingerprint density at radius 1 is 0.880 bits per heavy atom. The molecule has 0 radical (unpaired) electrons. The molecule has 0 aliphatic rings. The first kappa shape index (κ1) is 15.5. The summed E-state index contributed by atoms with van der Waals surface area (Å²) in [4.78, 5) is 7.70. The van der Waals surface area contributed by atoms with E-state index < -0.39 is 0 Å². The number of para-hydroxylation sites is 2. The summed E-state index contributed by atoms with van der Waals surface area (Å²) in [7, 11) is 0. The third-order valence-corrected chi connectivity index (χ3v) is 4.72. The van der Waals surface area contributed by atoms with Crippen LogP contribution in [0.15, 0.2) is 73.1 Å². The van der Waals surface area contributed by atoms with E-state index in [2.05, 4.69) is 89.8 Å². The summed E-state index contributed by atoms with van der Waals surface area (Å²) >= 11 is 0. The highest BCUT2D eigenvalue weighted by Crippen LogP contribution is 2.34. The molecule has 3 heteroatoms. The van der Waals surface area contributed by atoms with Gasteiger partial charge in [-0.1, -0.05) is 36.4 Å². The van der Waals surface area contributed by atoms with E-state index in [0.29, 0.717) is 0 Å². The van der Waals surface area contributed by atoms with E-state index in [4.69, 9.17) is 0 Å². The Kier molecular flexibility index (Phi) is 3.98. The number of aryl methyl sites for hydroxylation is 2. The molecular formula is C22H21N3. The largest absolute Gasteiger partial charge is 0.374 e. The molecular weight excluding hydrogens is 306 g/mol. The minimum absolute atomic E-state index is 0.0558. The molecule has 3 nitrogen and oxygen atoms in total. The van der Waals surface area contributed by atoms with Crippen molar-refractivity contribution in [3.05, 3.63) is 95.4 Å². The first-order valence-electron chi connectivity index (χ1n) is 8.53. The third kappa shape index (κ3) is 2.89. The molecule has 1 unspecified atom stereocenters. The fourth-order valence-electron chi connectivity index (χ4n) is 3.44. The van der Waals surface area contributed by atoms with Gasteiger partial charge in [-0.25, -0.2) is 0 Å². The van der Waals surface area contributed by atoms with Crippen molar-refractivity contribution >= 4 is 16.6 Å². The maximum Gasteiger partial charge on any atom is 0.0792 e. The van der Waals surface area contributed by atoms with Gasteiger partial charge in [-0.2, -0.15) is 0 Å². The average Bonchev–Trinajstić information content (AvgIpc) is 2.97. The van der Waals surface area contributed by atoms with Crippen LogP contribution in [0.3, 0.4) is 0 Å². The second-order valence-electron chi connectivity index (χ2n) is 6.38. The first-order valence-corrected chi connectivity index (χ1v) is 8.53. The van der Waals surface area contributed by atoms with Gasteiger partial charge in [0.1, 0.15) is 0 Å². The maximum atomic E-state index is 4.18. The van der Waals surface area contributed by atoms with Crippen molar-refractivity contribution in [2.45, 2.75) is 19.9 Å². The molecule has 0 saturated carbocycles. The lowest BCUT2D eigenvalue weighted by Crippen LogP contribution is -2.14. The Balaban J connectivity index is 1.88. The molecule has 4 aromatic rings. The van der Waals surface area contributed by atoms with Gasteiger partial charge in [0.25, 0.3) is 0 Å². The van der Waals surface area contributed by atoms with Crippen molar-refractivity contribution in [2.24, 2.45) is 0 Å². The number of fused-ring (bicyclic) bond motifs is 1. The summed E-state index contributed by atoms with van der Waals surface area (Å²) in [5.41, 5.74) is 7.22. The number of aromatic nitrogens is 2. The number of aromatic amines is 1. The molecule has 25 heavy (non-hydrogen) atoms. The zero-order chi connectivity index (χ0) is 17.2. The van der Waals surface area contributed by atoms with Crippen LogP contribution in [-0.2, 0) is 0 Å². The Morgan fingerprint density at radius 2 is 1.60 bits per heavy atom. The monoisotopic (exact) mass is 327 g/mol. The summed E-state index contributed by atoms with van der Waals surface area (Å²) in [6.07, 6.45) is 3.71. The fourth-order valence-corrected chi connectivity index (χ4v) is 3.44. The molecule has 1 atom stereocenters. The van der Waals surface area contributed by atoms with Crippen LogP contribution < -0.4 is 5.32 Å². The van der Waals surface area contributed by atoms with Gasteiger partial charge < -0.3 is 10.3 Å². The van der Waals surface area contributed by atoms with Crippen molar-refractivity contribution < 1.29 is 0 Å². The summed E-state index contributed by atoms with van der Waals surface area (Å²) in [6, 6.07) is 21.1. The molecule has 0 fully saturated rings. The standard InChI is InChI=1S/C22H21N3/c1-15-7-3-5-9-19(15)25-22(17-11-13-23-14-12-17)21-16(2)24-20-10-6-4-8-18(20)21/h3-14,22,24-25H,1-2H3. The number of H-pyrrole nitrogens is 1. The molecule has 0 bridgehead atoms. The van der Waals surface area contributed by atoms with E-state index in [9.17, 15) is 0 Å². The molecule has 124 valence electrons. The quantitative estimate of drug-likeness (QED) is 0.528. The van der Waals surface area contributed by atoms with E-state index in [1.807, 2.05) is 12.4 Å². The van der Waals surface area contributed by atoms with Gasteiger partial charge >= 0.3 is 0 Å². The molecule has 0 saturated heterocycles. The minimum Gasteiger partial charge on any atom is -0.374 e. The van der Waals surface area contributed by atoms with Crippen LogP contribution in [0.5, 0.6) is 0 Å². The highest BCUT2D eigenvalue weighted by molar-refractivity contribution is 5.86. The van der Waals surface area contributed by atoms with Gasteiger partial charge in [-0.05, 0) is 49.2 Å². The lowest BCUT2D eigenvalue weighted by Gasteiger charge is -2.22. The number of hydrogen-bond donors (Lipinski definition) is 2. The van der Waals surface area contributed by atoms with Crippen LogP contribution in [0.25, 0.3) is 10.9 Å². The minimum atomic E-state index is 0.0558. The Morgan fingerprint density at radius 3 is 2.40 bits per heavy atom. The molecule has 2 aromatic heterocycles. The Labute approximate surface area is 147 Å². The topological polar surface area (TPSA) is 40.7 Å². The number of nitrogens with zero attached hydrogens (tertiary/aromatic N) is 1. The van der Waals surface area contributed by atoms with E-state index in [0.717, 1.165) is 5.69 Å². The van der Waals surface area contributed by atoms with Crippen molar-refractivity contribution in [3.8, 4) is 0 Å². The Bertz CT molecular complexity index is 1000. The predicted molar refractivity (Wildman–Crippen MR) is 104 cm³/mol. The summed E-state index contributed by atoms with van der Waals surface area (Å²) in [5, 5.41) is 5.00. The molecule has 0 aliphatic heterocycles. The van der Waals surface area contributed by atoms with Gasteiger partial charge in [-0.3, -0.25) is 4.98 Å². The van der Waals surface area contributed by atoms with Gasteiger partial charge in [-0.15, -0.1) is 0 Å². The van der Waals surface area contributed by atoms with Crippen LogP contribution in [-0.4, -0.2) is 9.97 Å². The second kappa shape index (κ2) is 6.44.